The molecule has 6 nitrogen and oxygen atoms in total. The van der Waals surface area contributed by atoms with Crippen LogP contribution in [0.4, 0.5) is 5.69 Å². The second-order valence-corrected chi connectivity index (χ2v) is 8.52. The van der Waals surface area contributed by atoms with Crippen molar-refractivity contribution in [2.24, 2.45) is 0 Å². The zero-order valence-electron chi connectivity index (χ0n) is 19.9. The minimum atomic E-state index is -0.268. The van der Waals surface area contributed by atoms with Crippen LogP contribution in [0.15, 0.2) is 79.0 Å². The van der Waals surface area contributed by atoms with Gasteiger partial charge in [-0.3, -0.25) is 9.59 Å². The Morgan fingerprint density at radius 3 is 2.26 bits per heavy atom. The van der Waals surface area contributed by atoms with E-state index in [0.717, 1.165) is 33.6 Å². The number of rotatable bonds is 6. The number of aryl methyl sites for hydroxylation is 3. The topological polar surface area (TPSA) is 67.2 Å². The van der Waals surface area contributed by atoms with E-state index in [9.17, 15) is 9.59 Å². The molecule has 6 heteroatoms. The first-order chi connectivity index (χ1) is 16.3. The molecular weight excluding hydrogens is 424 g/mol. The van der Waals surface area contributed by atoms with Gasteiger partial charge in [-0.1, -0.05) is 60.2 Å². The van der Waals surface area contributed by atoms with Gasteiger partial charge in [0.15, 0.2) is 0 Å². The Kier molecular flexibility index (Phi) is 6.59. The number of aromatic nitrogens is 2. The molecule has 0 aliphatic rings. The Bertz CT molecular complexity index is 1320. The number of likely N-dealkylation sites (N-methyl/N-ethyl adjacent to an activating group) is 1. The molecule has 0 atom stereocenters. The Morgan fingerprint density at radius 1 is 0.912 bits per heavy atom. The van der Waals surface area contributed by atoms with E-state index in [1.54, 1.807) is 17.9 Å². The molecule has 172 valence electrons. The summed E-state index contributed by atoms with van der Waals surface area (Å²) < 4.78 is 1.70. The van der Waals surface area contributed by atoms with Crippen molar-refractivity contribution >= 4 is 17.5 Å². The number of nitrogens with zero attached hydrogens (tertiary/aromatic N) is 3. The highest BCUT2D eigenvalue weighted by molar-refractivity contribution is 6.03. The molecule has 0 saturated carbocycles. The average molecular weight is 453 g/mol. The first-order valence-corrected chi connectivity index (χ1v) is 11.2. The Labute approximate surface area is 199 Å². The van der Waals surface area contributed by atoms with Gasteiger partial charge >= 0.3 is 0 Å². The van der Waals surface area contributed by atoms with Gasteiger partial charge < -0.3 is 10.2 Å². The molecule has 3 aromatic carbocycles. The van der Waals surface area contributed by atoms with Gasteiger partial charge in [0.2, 0.25) is 5.91 Å². The summed E-state index contributed by atoms with van der Waals surface area (Å²) >= 11 is 0. The molecule has 0 aliphatic carbocycles. The standard InChI is InChI=1S/C28H28N4O2/c1-19-10-8-13-22(16-19)27-24(17-32(30-27)23-14-6-5-7-15-23)28(34)31(4)18-25(33)29-26-20(2)11-9-12-21(26)3/h5-17H,18H2,1-4H3,(H,29,33). The molecule has 0 saturated heterocycles. The normalized spacial score (nSPS) is 10.7. The molecule has 4 aromatic rings. The number of hydrogen-bond donors (Lipinski definition) is 1. The maximum Gasteiger partial charge on any atom is 0.257 e. The van der Waals surface area contributed by atoms with Gasteiger partial charge in [0.05, 0.1) is 17.8 Å². The van der Waals surface area contributed by atoms with Crippen LogP contribution in [0.25, 0.3) is 16.9 Å². The van der Waals surface area contributed by atoms with E-state index in [4.69, 9.17) is 5.10 Å². The Morgan fingerprint density at radius 2 is 1.59 bits per heavy atom. The quantitative estimate of drug-likeness (QED) is 0.439. The zero-order valence-corrected chi connectivity index (χ0v) is 19.9. The van der Waals surface area contributed by atoms with Gasteiger partial charge in [-0.15, -0.1) is 0 Å². The predicted molar refractivity (Wildman–Crippen MR) is 135 cm³/mol. The monoisotopic (exact) mass is 452 g/mol. The average Bonchev–Trinajstić information content (AvgIpc) is 3.27. The Balaban J connectivity index is 1.62. The molecule has 0 spiro atoms. The molecule has 4 rings (SSSR count). The summed E-state index contributed by atoms with van der Waals surface area (Å²) in [7, 11) is 1.63. The zero-order chi connectivity index (χ0) is 24.2. The molecule has 2 amide bonds. The maximum atomic E-state index is 13.5. The smallest absolute Gasteiger partial charge is 0.257 e. The number of para-hydroxylation sites is 2. The summed E-state index contributed by atoms with van der Waals surface area (Å²) in [6.45, 7) is 5.83. The van der Waals surface area contributed by atoms with Crippen molar-refractivity contribution in [3.63, 3.8) is 0 Å². The van der Waals surface area contributed by atoms with E-state index >= 15 is 0 Å². The van der Waals surface area contributed by atoms with Crippen LogP contribution in [0.1, 0.15) is 27.0 Å². The van der Waals surface area contributed by atoms with Crippen molar-refractivity contribution in [1.29, 1.82) is 0 Å². The fourth-order valence-electron chi connectivity index (χ4n) is 3.93. The fraction of sp³-hybridized carbons (Fsp3) is 0.179. The van der Waals surface area contributed by atoms with Crippen molar-refractivity contribution in [2.75, 3.05) is 18.9 Å². The molecule has 0 fully saturated rings. The van der Waals surface area contributed by atoms with Gasteiger partial charge in [0.25, 0.3) is 5.91 Å². The summed E-state index contributed by atoms with van der Waals surface area (Å²) in [5.74, 6) is -0.517. The lowest BCUT2D eigenvalue weighted by atomic mass is 10.1. The molecule has 0 unspecified atom stereocenters. The number of hydrogen-bond acceptors (Lipinski definition) is 3. The van der Waals surface area contributed by atoms with E-state index in [0.29, 0.717) is 11.3 Å². The Hall–Kier alpha value is -4.19. The van der Waals surface area contributed by atoms with Crippen molar-refractivity contribution in [1.82, 2.24) is 14.7 Å². The van der Waals surface area contributed by atoms with Crippen LogP contribution in [0.5, 0.6) is 0 Å². The third-order valence-electron chi connectivity index (χ3n) is 5.73. The molecule has 0 bridgehead atoms. The first kappa shape index (κ1) is 23.0. The SMILES string of the molecule is Cc1cccc(-c2nn(-c3ccccc3)cc2C(=O)N(C)CC(=O)Nc2c(C)cccc2C)c1. The lowest BCUT2D eigenvalue weighted by Crippen LogP contribution is -2.35. The molecule has 0 aliphatic heterocycles. The van der Waals surface area contributed by atoms with E-state index < -0.39 is 0 Å². The predicted octanol–water partition coefficient (Wildman–Crippen LogP) is 5.18. The summed E-state index contributed by atoms with van der Waals surface area (Å²) in [4.78, 5) is 27.7. The minimum absolute atomic E-state index is 0.0730. The summed E-state index contributed by atoms with van der Waals surface area (Å²) in [5.41, 5.74) is 6.55. The molecule has 0 radical (unpaired) electrons. The minimum Gasteiger partial charge on any atom is -0.332 e. The van der Waals surface area contributed by atoms with Crippen molar-refractivity contribution in [3.8, 4) is 16.9 Å². The molecule has 34 heavy (non-hydrogen) atoms. The molecule has 1 N–H and O–H groups in total. The van der Waals surface area contributed by atoms with Gasteiger partial charge in [-0.05, 0) is 50.1 Å². The third-order valence-corrected chi connectivity index (χ3v) is 5.73. The van der Waals surface area contributed by atoms with Crippen LogP contribution >= 0.6 is 0 Å². The molecular formula is C28H28N4O2. The number of benzene rings is 3. The van der Waals surface area contributed by atoms with Crippen molar-refractivity contribution in [3.05, 3.63) is 101 Å². The number of carbonyl (C=O) groups excluding carboxylic acids is 2. The van der Waals surface area contributed by atoms with Crippen molar-refractivity contribution in [2.45, 2.75) is 20.8 Å². The first-order valence-electron chi connectivity index (χ1n) is 11.2. The second-order valence-electron chi connectivity index (χ2n) is 8.52. The molecule has 1 aromatic heterocycles. The van der Waals surface area contributed by atoms with E-state index in [-0.39, 0.29) is 18.4 Å². The number of nitrogens with one attached hydrogen (secondary N) is 1. The lowest BCUT2D eigenvalue weighted by Gasteiger charge is -2.18. The lowest BCUT2D eigenvalue weighted by molar-refractivity contribution is -0.116. The van der Waals surface area contributed by atoms with Crippen LogP contribution in [0.2, 0.25) is 0 Å². The third kappa shape index (κ3) is 4.91. The highest BCUT2D eigenvalue weighted by atomic mass is 16.2. The van der Waals surface area contributed by atoms with Crippen molar-refractivity contribution < 1.29 is 9.59 Å². The van der Waals surface area contributed by atoms with E-state index in [1.807, 2.05) is 93.6 Å². The van der Waals surface area contributed by atoms with E-state index in [2.05, 4.69) is 5.32 Å². The largest absolute Gasteiger partial charge is 0.332 e. The van der Waals surface area contributed by atoms with Gasteiger partial charge in [-0.25, -0.2) is 4.68 Å². The summed E-state index contributed by atoms with van der Waals surface area (Å²) in [6.07, 6.45) is 1.73. The fourth-order valence-corrected chi connectivity index (χ4v) is 3.93. The van der Waals surface area contributed by atoms with Gasteiger partial charge in [-0.2, -0.15) is 5.10 Å². The summed E-state index contributed by atoms with van der Waals surface area (Å²) in [5, 5.41) is 7.68. The number of amides is 2. The van der Waals surface area contributed by atoms with Gasteiger partial charge in [0.1, 0.15) is 5.69 Å². The van der Waals surface area contributed by atoms with Crippen LogP contribution in [-0.4, -0.2) is 40.1 Å². The number of carbonyl (C=O) groups is 2. The molecule has 1 heterocycles. The summed E-state index contributed by atoms with van der Waals surface area (Å²) in [6, 6.07) is 23.4. The number of anilines is 1. The maximum absolute atomic E-state index is 13.5. The van der Waals surface area contributed by atoms with Crippen LogP contribution in [0, 0.1) is 20.8 Å². The highest BCUT2D eigenvalue weighted by Gasteiger charge is 2.23. The highest BCUT2D eigenvalue weighted by Crippen LogP contribution is 2.26. The second kappa shape index (κ2) is 9.75. The van der Waals surface area contributed by atoms with Gasteiger partial charge in [0, 0.05) is 24.5 Å². The van der Waals surface area contributed by atoms with Crippen LogP contribution < -0.4 is 5.32 Å². The van der Waals surface area contributed by atoms with Crippen LogP contribution in [0.3, 0.4) is 0 Å². The van der Waals surface area contributed by atoms with Crippen LogP contribution in [-0.2, 0) is 4.79 Å². The van der Waals surface area contributed by atoms with E-state index in [1.165, 1.54) is 4.90 Å².